The van der Waals surface area contributed by atoms with E-state index in [1.165, 1.54) is 17.7 Å². The Morgan fingerprint density at radius 3 is 2.55 bits per heavy atom. The van der Waals surface area contributed by atoms with Crippen LogP contribution in [0.2, 0.25) is 5.15 Å². The summed E-state index contributed by atoms with van der Waals surface area (Å²) in [7, 11) is 1.91. The van der Waals surface area contributed by atoms with Crippen molar-refractivity contribution in [2.24, 2.45) is 0 Å². The molecular weight excluding hydrogens is 316 g/mol. The molecule has 0 amide bonds. The second kappa shape index (κ2) is 7.22. The summed E-state index contributed by atoms with van der Waals surface area (Å²) in [5, 5.41) is 3.85. The van der Waals surface area contributed by atoms with Gasteiger partial charge in [0.2, 0.25) is 0 Å². The number of hydrogen-bond acceptors (Lipinski definition) is 5. The third kappa shape index (κ3) is 3.85. The maximum absolute atomic E-state index is 6.17. The molecule has 4 nitrogen and oxygen atoms in total. The molecule has 1 aliphatic rings. The first-order chi connectivity index (χ1) is 10.7. The van der Waals surface area contributed by atoms with Crippen LogP contribution in [0.15, 0.2) is 41.3 Å². The number of nitrogens with one attached hydrogen (secondary N) is 2. The highest BCUT2D eigenvalue weighted by Crippen LogP contribution is 2.27. The summed E-state index contributed by atoms with van der Waals surface area (Å²) >= 11 is 7.76. The van der Waals surface area contributed by atoms with E-state index in [-0.39, 0.29) is 0 Å². The minimum atomic E-state index is 0.522. The fraction of sp³-hybridized carbons (Fsp3) is 0.312. The fourth-order valence-corrected chi connectivity index (χ4v) is 3.29. The first-order valence-electron chi connectivity index (χ1n) is 7.38. The molecule has 2 heterocycles. The van der Waals surface area contributed by atoms with Gasteiger partial charge in [-0.05, 0) is 62.2 Å². The topological polar surface area (TPSA) is 40.2 Å². The number of nitrogens with zero attached hydrogens (tertiary/aromatic N) is 2. The van der Waals surface area contributed by atoms with E-state index >= 15 is 0 Å². The van der Waals surface area contributed by atoms with E-state index in [4.69, 9.17) is 11.6 Å². The summed E-state index contributed by atoms with van der Waals surface area (Å²) < 4.78 is 3.06. The normalized spacial score (nSPS) is 14.4. The van der Waals surface area contributed by atoms with Gasteiger partial charge in [-0.25, -0.2) is 4.98 Å². The molecule has 2 N–H and O–H groups in total. The molecule has 0 atom stereocenters. The molecule has 0 aliphatic carbocycles. The average Bonchev–Trinajstić information content (AvgIpc) is 3.03. The highest BCUT2D eigenvalue weighted by molar-refractivity contribution is 7.97. The van der Waals surface area contributed by atoms with Gasteiger partial charge in [-0.15, -0.1) is 0 Å². The summed E-state index contributed by atoms with van der Waals surface area (Å²) in [6.07, 6.45) is 2.49. The van der Waals surface area contributed by atoms with E-state index in [2.05, 4.69) is 38.1 Å². The third-order valence-corrected chi connectivity index (χ3v) is 4.50. The summed E-state index contributed by atoms with van der Waals surface area (Å²) in [6.45, 7) is 2.19. The lowest BCUT2D eigenvalue weighted by Crippen LogP contribution is -2.17. The molecule has 0 radical (unpaired) electrons. The number of pyridine rings is 1. The molecule has 0 bridgehead atoms. The van der Waals surface area contributed by atoms with E-state index < -0.39 is 0 Å². The molecule has 1 aromatic heterocycles. The largest absolute Gasteiger partial charge is 0.371 e. The van der Waals surface area contributed by atoms with Crippen molar-refractivity contribution in [2.45, 2.75) is 17.7 Å². The Morgan fingerprint density at radius 1 is 1.14 bits per heavy atom. The Labute approximate surface area is 140 Å². The van der Waals surface area contributed by atoms with Crippen LogP contribution in [-0.4, -0.2) is 25.1 Å². The Bertz CT molecular complexity index is 627. The van der Waals surface area contributed by atoms with Crippen LogP contribution >= 0.6 is 23.5 Å². The quantitative estimate of drug-likeness (QED) is 0.630. The van der Waals surface area contributed by atoms with Gasteiger partial charge in [0.15, 0.2) is 0 Å². The van der Waals surface area contributed by atoms with Crippen molar-refractivity contribution in [2.75, 3.05) is 30.4 Å². The summed E-state index contributed by atoms with van der Waals surface area (Å²) in [5.74, 6) is 0.781. The van der Waals surface area contributed by atoms with E-state index in [0.29, 0.717) is 5.15 Å². The number of anilines is 3. The molecular formula is C16H19ClN4S. The molecule has 3 rings (SSSR count). The molecule has 116 valence electrons. The van der Waals surface area contributed by atoms with Gasteiger partial charge in [0.25, 0.3) is 0 Å². The van der Waals surface area contributed by atoms with E-state index in [1.54, 1.807) is 11.9 Å². The minimum absolute atomic E-state index is 0.522. The van der Waals surface area contributed by atoms with E-state index in [9.17, 15) is 0 Å². The molecule has 0 unspecified atom stereocenters. The monoisotopic (exact) mass is 334 g/mol. The standard InChI is InChI=1S/C16H19ClN4S/c1-18-22-14-6-4-12(5-7-14)19-16-11-13(10-15(17)20-16)21-8-2-3-9-21/h4-7,10-11,18H,2-3,8-9H2,1H3,(H,19,20). The zero-order valence-corrected chi connectivity index (χ0v) is 14.0. The van der Waals surface area contributed by atoms with Crippen molar-refractivity contribution in [3.63, 3.8) is 0 Å². The van der Waals surface area contributed by atoms with Crippen LogP contribution in [0.1, 0.15) is 12.8 Å². The first-order valence-corrected chi connectivity index (χ1v) is 8.57. The second-order valence-corrected chi connectivity index (χ2v) is 6.65. The smallest absolute Gasteiger partial charge is 0.134 e. The lowest BCUT2D eigenvalue weighted by atomic mass is 10.3. The Hall–Kier alpha value is -1.43. The molecule has 0 saturated carbocycles. The van der Waals surface area contributed by atoms with Gasteiger partial charge in [0, 0.05) is 35.4 Å². The van der Waals surface area contributed by atoms with Crippen LogP contribution in [0.25, 0.3) is 0 Å². The van der Waals surface area contributed by atoms with Crippen molar-refractivity contribution < 1.29 is 0 Å². The summed E-state index contributed by atoms with van der Waals surface area (Å²) in [4.78, 5) is 7.89. The predicted octanol–water partition coefficient (Wildman–Crippen LogP) is 4.31. The zero-order valence-electron chi connectivity index (χ0n) is 12.5. The van der Waals surface area contributed by atoms with Gasteiger partial charge in [0.1, 0.15) is 11.0 Å². The third-order valence-electron chi connectivity index (χ3n) is 3.60. The van der Waals surface area contributed by atoms with Crippen molar-refractivity contribution >= 4 is 40.7 Å². The second-order valence-electron chi connectivity index (χ2n) is 5.18. The molecule has 1 aromatic carbocycles. The van der Waals surface area contributed by atoms with Crippen molar-refractivity contribution in [1.29, 1.82) is 0 Å². The van der Waals surface area contributed by atoms with Gasteiger partial charge in [-0.3, -0.25) is 4.72 Å². The maximum Gasteiger partial charge on any atom is 0.134 e. The van der Waals surface area contributed by atoms with Crippen LogP contribution in [0.3, 0.4) is 0 Å². The van der Waals surface area contributed by atoms with Crippen molar-refractivity contribution in [3.8, 4) is 0 Å². The Kier molecular flexibility index (Phi) is 5.08. The molecule has 1 saturated heterocycles. The molecule has 6 heteroatoms. The van der Waals surface area contributed by atoms with Gasteiger partial charge in [0.05, 0.1) is 0 Å². The molecule has 1 aliphatic heterocycles. The highest BCUT2D eigenvalue weighted by Gasteiger charge is 2.14. The van der Waals surface area contributed by atoms with Crippen LogP contribution < -0.4 is 14.9 Å². The van der Waals surface area contributed by atoms with Gasteiger partial charge < -0.3 is 10.2 Å². The van der Waals surface area contributed by atoms with Gasteiger partial charge in [-0.2, -0.15) is 0 Å². The number of hydrogen-bond donors (Lipinski definition) is 2. The fourth-order valence-electron chi connectivity index (χ4n) is 2.58. The van der Waals surface area contributed by atoms with Crippen LogP contribution in [-0.2, 0) is 0 Å². The van der Waals surface area contributed by atoms with E-state index in [0.717, 1.165) is 30.3 Å². The van der Waals surface area contributed by atoms with Crippen molar-refractivity contribution in [3.05, 3.63) is 41.6 Å². The molecule has 2 aromatic rings. The zero-order chi connectivity index (χ0) is 15.4. The van der Waals surface area contributed by atoms with Crippen LogP contribution in [0.4, 0.5) is 17.2 Å². The SMILES string of the molecule is CNSc1ccc(Nc2cc(N3CCCC3)cc(Cl)n2)cc1. The lowest BCUT2D eigenvalue weighted by molar-refractivity contribution is 0.949. The number of rotatable bonds is 5. The average molecular weight is 335 g/mol. The van der Waals surface area contributed by atoms with Gasteiger partial charge in [-0.1, -0.05) is 11.6 Å². The predicted molar refractivity (Wildman–Crippen MR) is 95.3 cm³/mol. The molecule has 1 fully saturated rings. The Morgan fingerprint density at radius 2 is 1.86 bits per heavy atom. The first kappa shape index (κ1) is 15.5. The molecule has 22 heavy (non-hydrogen) atoms. The number of aromatic nitrogens is 1. The maximum atomic E-state index is 6.17. The minimum Gasteiger partial charge on any atom is -0.371 e. The summed E-state index contributed by atoms with van der Waals surface area (Å²) in [5.41, 5.74) is 2.14. The highest BCUT2D eigenvalue weighted by atomic mass is 35.5. The number of benzene rings is 1. The van der Waals surface area contributed by atoms with Crippen molar-refractivity contribution in [1.82, 2.24) is 9.71 Å². The molecule has 0 spiro atoms. The van der Waals surface area contributed by atoms with E-state index in [1.807, 2.05) is 25.2 Å². The summed E-state index contributed by atoms with van der Waals surface area (Å²) in [6, 6.07) is 12.2. The van der Waals surface area contributed by atoms with Crippen LogP contribution in [0.5, 0.6) is 0 Å². The van der Waals surface area contributed by atoms with Crippen LogP contribution in [0, 0.1) is 0 Å². The Balaban J connectivity index is 1.76. The number of halogens is 1. The lowest BCUT2D eigenvalue weighted by Gasteiger charge is -2.18. The van der Waals surface area contributed by atoms with Gasteiger partial charge >= 0.3 is 0 Å².